The number of benzene rings is 1. The fourth-order valence-electron chi connectivity index (χ4n) is 1.19. The Morgan fingerprint density at radius 2 is 2.00 bits per heavy atom. The first-order valence-corrected chi connectivity index (χ1v) is 6.57. The Morgan fingerprint density at radius 1 is 1.41 bits per heavy atom. The van der Waals surface area contributed by atoms with E-state index in [0.717, 1.165) is 5.56 Å². The third-order valence-corrected chi connectivity index (χ3v) is 3.53. The van der Waals surface area contributed by atoms with E-state index in [4.69, 9.17) is 10.4 Å². The highest BCUT2D eigenvalue weighted by Crippen LogP contribution is 2.10. The minimum absolute atomic E-state index is 0.0255. The van der Waals surface area contributed by atoms with Crippen molar-refractivity contribution in [2.75, 3.05) is 6.54 Å². The van der Waals surface area contributed by atoms with E-state index in [1.165, 1.54) is 19.1 Å². The topological polar surface area (TPSA) is 90.2 Å². The monoisotopic (exact) mass is 254 g/mol. The van der Waals surface area contributed by atoms with Gasteiger partial charge in [-0.2, -0.15) is 5.26 Å². The highest BCUT2D eigenvalue weighted by atomic mass is 32.2. The maximum atomic E-state index is 11.7. The Bertz CT molecular complexity index is 501. The molecule has 0 heterocycles. The molecule has 0 fully saturated rings. The van der Waals surface area contributed by atoms with Gasteiger partial charge < -0.3 is 5.11 Å². The van der Waals surface area contributed by atoms with E-state index in [2.05, 4.69) is 4.72 Å². The van der Waals surface area contributed by atoms with Crippen LogP contribution in [0.4, 0.5) is 0 Å². The van der Waals surface area contributed by atoms with Gasteiger partial charge >= 0.3 is 0 Å². The molecule has 92 valence electrons. The van der Waals surface area contributed by atoms with Crippen molar-refractivity contribution < 1.29 is 13.5 Å². The van der Waals surface area contributed by atoms with Crippen LogP contribution in [0.15, 0.2) is 29.2 Å². The molecule has 0 saturated carbocycles. The number of hydrogen-bond donors (Lipinski definition) is 2. The van der Waals surface area contributed by atoms with Crippen LogP contribution in [-0.2, 0) is 16.4 Å². The molecule has 1 rings (SSSR count). The molecule has 6 heteroatoms. The van der Waals surface area contributed by atoms with Gasteiger partial charge in [-0.25, -0.2) is 13.1 Å². The zero-order valence-corrected chi connectivity index (χ0v) is 10.2. The van der Waals surface area contributed by atoms with Crippen LogP contribution >= 0.6 is 0 Å². The van der Waals surface area contributed by atoms with Gasteiger partial charge in [0.2, 0.25) is 10.0 Å². The molecule has 17 heavy (non-hydrogen) atoms. The van der Waals surface area contributed by atoms with Gasteiger partial charge in [0.25, 0.3) is 0 Å². The Morgan fingerprint density at radius 3 is 2.47 bits per heavy atom. The van der Waals surface area contributed by atoms with Crippen LogP contribution in [-0.4, -0.2) is 26.2 Å². The fourth-order valence-corrected chi connectivity index (χ4v) is 2.31. The molecular weight excluding hydrogens is 240 g/mol. The summed E-state index contributed by atoms with van der Waals surface area (Å²) in [6.07, 6.45) is -0.482. The van der Waals surface area contributed by atoms with Crippen LogP contribution in [0.1, 0.15) is 12.5 Å². The molecule has 0 aliphatic carbocycles. The third kappa shape index (κ3) is 4.15. The minimum Gasteiger partial charge on any atom is -0.392 e. The van der Waals surface area contributed by atoms with Gasteiger partial charge in [-0.1, -0.05) is 12.1 Å². The summed E-state index contributed by atoms with van der Waals surface area (Å²) < 4.78 is 25.7. The van der Waals surface area contributed by atoms with Crippen molar-refractivity contribution in [3.05, 3.63) is 29.8 Å². The Balaban J connectivity index is 2.82. The minimum atomic E-state index is -3.58. The van der Waals surface area contributed by atoms with Crippen molar-refractivity contribution >= 4 is 10.0 Å². The number of rotatable bonds is 5. The quantitative estimate of drug-likeness (QED) is 0.796. The summed E-state index contributed by atoms with van der Waals surface area (Å²) in [6.45, 7) is 1.47. The molecule has 0 spiro atoms. The van der Waals surface area contributed by atoms with E-state index in [-0.39, 0.29) is 17.9 Å². The summed E-state index contributed by atoms with van der Waals surface area (Å²) in [4.78, 5) is 0.125. The van der Waals surface area contributed by atoms with Gasteiger partial charge in [0.15, 0.2) is 0 Å². The van der Waals surface area contributed by atoms with Crippen LogP contribution in [0.5, 0.6) is 0 Å². The molecule has 0 aliphatic heterocycles. The predicted octanol–water partition coefficient (Wildman–Crippen LogP) is 0.412. The molecule has 0 aliphatic rings. The van der Waals surface area contributed by atoms with E-state index in [1.54, 1.807) is 12.1 Å². The van der Waals surface area contributed by atoms with Crippen LogP contribution in [0.2, 0.25) is 0 Å². The predicted molar refractivity (Wildman–Crippen MR) is 62.6 cm³/mol. The number of nitrogens with zero attached hydrogens (tertiary/aromatic N) is 1. The van der Waals surface area contributed by atoms with Crippen molar-refractivity contribution in [1.82, 2.24) is 4.72 Å². The van der Waals surface area contributed by atoms with Crippen molar-refractivity contribution in [1.29, 1.82) is 5.26 Å². The van der Waals surface area contributed by atoms with Crippen LogP contribution in [0.3, 0.4) is 0 Å². The zero-order chi connectivity index (χ0) is 12.9. The van der Waals surface area contributed by atoms with Crippen molar-refractivity contribution in [3.8, 4) is 6.07 Å². The molecule has 1 aromatic carbocycles. The summed E-state index contributed by atoms with van der Waals surface area (Å²) in [5.41, 5.74) is 0.766. The molecule has 1 aromatic rings. The second kappa shape index (κ2) is 5.77. The number of nitrogens with one attached hydrogen (secondary N) is 1. The molecule has 0 saturated heterocycles. The number of sulfonamides is 1. The second-order valence-electron chi connectivity index (χ2n) is 3.68. The van der Waals surface area contributed by atoms with E-state index in [1.807, 2.05) is 6.07 Å². The SMILES string of the molecule is C[C@@H](O)CNS(=O)(=O)c1ccc(CC#N)cc1. The number of nitriles is 1. The molecule has 5 nitrogen and oxygen atoms in total. The first-order chi connectivity index (χ1) is 7.95. The van der Waals surface area contributed by atoms with E-state index < -0.39 is 16.1 Å². The first kappa shape index (κ1) is 13.6. The van der Waals surface area contributed by atoms with E-state index in [9.17, 15) is 8.42 Å². The Labute approximate surface area is 101 Å². The second-order valence-corrected chi connectivity index (χ2v) is 5.45. The van der Waals surface area contributed by atoms with E-state index in [0.29, 0.717) is 0 Å². The van der Waals surface area contributed by atoms with Gasteiger partial charge in [-0.05, 0) is 24.6 Å². The summed E-state index contributed by atoms with van der Waals surface area (Å²) in [6, 6.07) is 8.06. The number of aliphatic hydroxyl groups is 1. The van der Waals surface area contributed by atoms with Crippen molar-refractivity contribution in [2.24, 2.45) is 0 Å². The maximum Gasteiger partial charge on any atom is 0.240 e. The molecule has 1 atom stereocenters. The average Bonchev–Trinajstić information content (AvgIpc) is 2.28. The Kier molecular flexibility index (Phi) is 4.63. The standard InChI is InChI=1S/C11H14N2O3S/c1-9(14)8-13-17(15,16)11-4-2-10(3-5-11)6-7-12/h2-5,9,13-14H,6,8H2,1H3/t9-/m1/s1. The van der Waals surface area contributed by atoms with Gasteiger partial charge in [0, 0.05) is 6.54 Å². The summed E-state index contributed by atoms with van der Waals surface area (Å²) in [7, 11) is -3.58. The maximum absolute atomic E-state index is 11.7. The molecule has 0 radical (unpaired) electrons. The first-order valence-electron chi connectivity index (χ1n) is 5.09. The molecule has 0 bridgehead atoms. The summed E-state index contributed by atoms with van der Waals surface area (Å²) in [5, 5.41) is 17.5. The highest BCUT2D eigenvalue weighted by Gasteiger charge is 2.13. The number of aliphatic hydroxyl groups excluding tert-OH is 1. The van der Waals surface area contributed by atoms with Crippen molar-refractivity contribution in [2.45, 2.75) is 24.3 Å². The van der Waals surface area contributed by atoms with Crippen LogP contribution < -0.4 is 4.72 Å². The van der Waals surface area contributed by atoms with Crippen molar-refractivity contribution in [3.63, 3.8) is 0 Å². The third-order valence-electron chi connectivity index (χ3n) is 2.09. The lowest BCUT2D eigenvalue weighted by Gasteiger charge is -2.08. The van der Waals surface area contributed by atoms with Crippen LogP contribution in [0, 0.1) is 11.3 Å². The van der Waals surface area contributed by atoms with Gasteiger partial charge in [-0.15, -0.1) is 0 Å². The largest absolute Gasteiger partial charge is 0.392 e. The van der Waals surface area contributed by atoms with Gasteiger partial charge in [-0.3, -0.25) is 0 Å². The highest BCUT2D eigenvalue weighted by molar-refractivity contribution is 7.89. The number of hydrogen-bond acceptors (Lipinski definition) is 4. The normalized spacial score (nSPS) is 13.0. The molecule has 0 unspecified atom stereocenters. The molecule has 0 aromatic heterocycles. The smallest absolute Gasteiger partial charge is 0.240 e. The lowest BCUT2D eigenvalue weighted by Crippen LogP contribution is -2.30. The van der Waals surface area contributed by atoms with Gasteiger partial charge in [0.1, 0.15) is 0 Å². The molecule has 0 amide bonds. The zero-order valence-electron chi connectivity index (χ0n) is 9.42. The van der Waals surface area contributed by atoms with E-state index >= 15 is 0 Å². The fraction of sp³-hybridized carbons (Fsp3) is 0.364. The molecule has 2 N–H and O–H groups in total. The Hall–Kier alpha value is -1.42. The van der Waals surface area contributed by atoms with Crippen LogP contribution in [0.25, 0.3) is 0 Å². The lowest BCUT2D eigenvalue weighted by atomic mass is 10.2. The summed E-state index contributed by atoms with van der Waals surface area (Å²) in [5.74, 6) is 0. The van der Waals surface area contributed by atoms with Gasteiger partial charge in [0.05, 0.1) is 23.5 Å². The molecular formula is C11H14N2O3S. The summed E-state index contributed by atoms with van der Waals surface area (Å²) >= 11 is 0. The average molecular weight is 254 g/mol. The lowest BCUT2D eigenvalue weighted by molar-refractivity contribution is 0.198.